The van der Waals surface area contributed by atoms with E-state index in [9.17, 15) is 5.11 Å². The summed E-state index contributed by atoms with van der Waals surface area (Å²) in [7, 11) is 0. The van der Waals surface area contributed by atoms with Crippen molar-refractivity contribution in [3.63, 3.8) is 0 Å². The van der Waals surface area contributed by atoms with E-state index in [1.807, 2.05) is 0 Å². The van der Waals surface area contributed by atoms with E-state index >= 15 is 0 Å². The standard InChI is InChI=1S/C19H25NO.C2H2O4/c21-18(14-20-11-5-6-12-20)16-13-19(9-3-4-10-19)17-8-2-1-7-15(16)17;3-1(4)2(5)6/h1-2,7-8,13,18,21H,3-6,9-12,14H2;(H,3,4)(H,5,6). The smallest absolute Gasteiger partial charge is 0.414 e. The van der Waals surface area contributed by atoms with Gasteiger partial charge in [-0.3, -0.25) is 0 Å². The first-order valence-electron chi connectivity index (χ1n) is 9.62. The average molecular weight is 373 g/mol. The van der Waals surface area contributed by atoms with E-state index in [1.54, 1.807) is 0 Å². The fraction of sp³-hybridized carbons (Fsp3) is 0.524. The molecule has 1 saturated carbocycles. The van der Waals surface area contributed by atoms with Gasteiger partial charge < -0.3 is 20.2 Å². The summed E-state index contributed by atoms with van der Waals surface area (Å²) in [4.78, 5) is 20.6. The van der Waals surface area contributed by atoms with Crippen LogP contribution in [0.15, 0.2) is 30.3 Å². The van der Waals surface area contributed by atoms with Crippen molar-refractivity contribution in [2.24, 2.45) is 0 Å². The monoisotopic (exact) mass is 373 g/mol. The SMILES string of the molecule is O=C(O)C(=O)O.OC(CN1CCCC1)C1=CC2(CCCC2)c2ccccc21. The molecule has 3 N–H and O–H groups in total. The van der Waals surface area contributed by atoms with Crippen molar-refractivity contribution in [3.05, 3.63) is 41.5 Å². The molecule has 1 aromatic rings. The third-order valence-corrected chi connectivity index (χ3v) is 5.87. The number of carboxylic acid groups (broad SMARTS) is 2. The number of β-amino-alcohol motifs (C(OH)–C–C–N with tert-alkyl or cyclic N) is 1. The minimum atomic E-state index is -1.82. The number of aliphatic hydroxyl groups excluding tert-OH is 1. The maximum absolute atomic E-state index is 10.8. The van der Waals surface area contributed by atoms with Crippen molar-refractivity contribution in [2.45, 2.75) is 50.0 Å². The number of likely N-dealkylation sites (tertiary alicyclic amines) is 1. The number of hydrogen-bond donors (Lipinski definition) is 3. The number of rotatable bonds is 3. The summed E-state index contributed by atoms with van der Waals surface area (Å²) in [6.07, 6.45) is 9.81. The number of benzene rings is 1. The van der Waals surface area contributed by atoms with Crippen molar-refractivity contribution >= 4 is 17.5 Å². The van der Waals surface area contributed by atoms with Crippen LogP contribution in [-0.2, 0) is 15.0 Å². The van der Waals surface area contributed by atoms with Crippen LogP contribution in [0.1, 0.15) is 49.7 Å². The van der Waals surface area contributed by atoms with Gasteiger partial charge in [0, 0.05) is 12.0 Å². The quantitative estimate of drug-likeness (QED) is 0.704. The molecule has 27 heavy (non-hydrogen) atoms. The van der Waals surface area contributed by atoms with Gasteiger partial charge in [0.15, 0.2) is 0 Å². The molecule has 1 spiro atoms. The molecule has 1 heterocycles. The molecular weight excluding hydrogens is 346 g/mol. The first kappa shape index (κ1) is 19.6. The number of nitrogens with zero attached hydrogens (tertiary/aromatic N) is 1. The second kappa shape index (κ2) is 8.23. The molecule has 4 rings (SSSR count). The van der Waals surface area contributed by atoms with E-state index in [-0.39, 0.29) is 11.5 Å². The number of allylic oxidation sites excluding steroid dienone is 1. The van der Waals surface area contributed by atoms with Gasteiger partial charge in [-0.25, -0.2) is 9.59 Å². The number of aliphatic hydroxyl groups is 1. The van der Waals surface area contributed by atoms with Crippen LogP contribution in [-0.4, -0.2) is 57.9 Å². The minimum absolute atomic E-state index is 0.234. The van der Waals surface area contributed by atoms with Crippen LogP contribution < -0.4 is 0 Å². The van der Waals surface area contributed by atoms with Gasteiger partial charge in [-0.15, -0.1) is 0 Å². The van der Waals surface area contributed by atoms with Gasteiger partial charge in [0.25, 0.3) is 0 Å². The average Bonchev–Trinajstić information content (AvgIpc) is 3.38. The van der Waals surface area contributed by atoms with Gasteiger partial charge in [0.1, 0.15) is 0 Å². The predicted molar refractivity (Wildman–Crippen MR) is 102 cm³/mol. The molecule has 0 aromatic heterocycles. The van der Waals surface area contributed by atoms with Crippen molar-refractivity contribution in [1.29, 1.82) is 0 Å². The maximum Gasteiger partial charge on any atom is 0.414 e. The molecule has 0 amide bonds. The Kier molecular flexibility index (Phi) is 5.97. The van der Waals surface area contributed by atoms with Crippen LogP contribution in [0, 0.1) is 0 Å². The first-order chi connectivity index (χ1) is 12.9. The normalized spacial score (nSPS) is 21.3. The van der Waals surface area contributed by atoms with Crippen LogP contribution in [0.25, 0.3) is 5.57 Å². The van der Waals surface area contributed by atoms with E-state index in [4.69, 9.17) is 19.8 Å². The van der Waals surface area contributed by atoms with E-state index in [1.165, 1.54) is 55.2 Å². The van der Waals surface area contributed by atoms with Crippen LogP contribution >= 0.6 is 0 Å². The van der Waals surface area contributed by atoms with Crippen LogP contribution in [0.3, 0.4) is 0 Å². The Morgan fingerprint density at radius 2 is 1.59 bits per heavy atom. The zero-order valence-electron chi connectivity index (χ0n) is 15.4. The summed E-state index contributed by atoms with van der Waals surface area (Å²) in [6, 6.07) is 8.76. The minimum Gasteiger partial charge on any atom is -0.473 e. The van der Waals surface area contributed by atoms with Crippen LogP contribution in [0.5, 0.6) is 0 Å². The zero-order valence-corrected chi connectivity index (χ0v) is 15.4. The summed E-state index contributed by atoms with van der Waals surface area (Å²) in [5.41, 5.74) is 4.21. The third-order valence-electron chi connectivity index (χ3n) is 5.87. The number of aliphatic carboxylic acids is 2. The van der Waals surface area contributed by atoms with E-state index in [0.29, 0.717) is 0 Å². The van der Waals surface area contributed by atoms with Gasteiger partial charge in [0.05, 0.1) is 6.10 Å². The molecule has 1 aromatic carbocycles. The Morgan fingerprint density at radius 3 is 2.19 bits per heavy atom. The fourth-order valence-corrected chi connectivity index (χ4v) is 4.63. The Hall–Kier alpha value is -2.18. The first-order valence-corrected chi connectivity index (χ1v) is 9.62. The highest BCUT2D eigenvalue weighted by Crippen LogP contribution is 2.51. The Balaban J connectivity index is 0.000000307. The highest BCUT2D eigenvalue weighted by molar-refractivity contribution is 6.27. The van der Waals surface area contributed by atoms with E-state index in [0.717, 1.165) is 19.6 Å². The zero-order chi connectivity index (χ0) is 19.4. The molecule has 0 radical (unpaired) electrons. The molecular formula is C21H27NO5. The molecule has 2 aliphatic carbocycles. The largest absolute Gasteiger partial charge is 0.473 e. The van der Waals surface area contributed by atoms with E-state index in [2.05, 4.69) is 35.2 Å². The maximum atomic E-state index is 10.8. The van der Waals surface area contributed by atoms with Gasteiger partial charge in [-0.2, -0.15) is 0 Å². The molecule has 0 bridgehead atoms. The number of fused-ring (bicyclic) bond motifs is 2. The lowest BCUT2D eigenvalue weighted by Gasteiger charge is -2.22. The predicted octanol–water partition coefficient (Wildman–Crippen LogP) is 2.51. The van der Waals surface area contributed by atoms with E-state index < -0.39 is 11.9 Å². The second-order valence-corrected chi connectivity index (χ2v) is 7.64. The number of hydrogen-bond acceptors (Lipinski definition) is 4. The lowest BCUT2D eigenvalue weighted by atomic mass is 9.81. The molecule has 6 heteroatoms. The summed E-state index contributed by atoms with van der Waals surface area (Å²) >= 11 is 0. The fourth-order valence-electron chi connectivity index (χ4n) is 4.63. The summed E-state index contributed by atoms with van der Waals surface area (Å²) in [5.74, 6) is -3.65. The van der Waals surface area contributed by atoms with Crippen LogP contribution in [0.2, 0.25) is 0 Å². The number of carboxylic acids is 2. The molecule has 1 unspecified atom stereocenters. The van der Waals surface area contributed by atoms with Crippen molar-refractivity contribution < 1.29 is 24.9 Å². The Labute approximate surface area is 159 Å². The van der Waals surface area contributed by atoms with Gasteiger partial charge in [0.2, 0.25) is 0 Å². The van der Waals surface area contributed by atoms with Crippen molar-refractivity contribution in [1.82, 2.24) is 4.90 Å². The molecule has 1 atom stereocenters. The third kappa shape index (κ3) is 4.22. The topological polar surface area (TPSA) is 98.1 Å². The molecule has 146 valence electrons. The lowest BCUT2D eigenvalue weighted by Crippen LogP contribution is -2.30. The highest BCUT2D eigenvalue weighted by Gasteiger charge is 2.41. The summed E-state index contributed by atoms with van der Waals surface area (Å²) in [6.45, 7) is 3.10. The van der Waals surface area contributed by atoms with Crippen LogP contribution in [0.4, 0.5) is 0 Å². The molecule has 1 aliphatic heterocycles. The highest BCUT2D eigenvalue weighted by atomic mass is 16.4. The number of carbonyl (C=O) groups is 2. The molecule has 1 saturated heterocycles. The second-order valence-electron chi connectivity index (χ2n) is 7.64. The summed E-state index contributed by atoms with van der Waals surface area (Å²) < 4.78 is 0. The van der Waals surface area contributed by atoms with Gasteiger partial charge in [-0.05, 0) is 55.5 Å². The van der Waals surface area contributed by atoms with Crippen molar-refractivity contribution in [3.8, 4) is 0 Å². The molecule has 3 aliphatic rings. The molecule has 6 nitrogen and oxygen atoms in total. The lowest BCUT2D eigenvalue weighted by molar-refractivity contribution is -0.159. The Bertz CT molecular complexity index is 718. The molecule has 2 fully saturated rings. The van der Waals surface area contributed by atoms with Gasteiger partial charge in [-0.1, -0.05) is 43.2 Å². The van der Waals surface area contributed by atoms with Crippen molar-refractivity contribution in [2.75, 3.05) is 19.6 Å². The summed E-state index contributed by atoms with van der Waals surface area (Å²) in [5, 5.41) is 25.6. The van der Waals surface area contributed by atoms with Gasteiger partial charge >= 0.3 is 11.9 Å². The Morgan fingerprint density at radius 1 is 1.00 bits per heavy atom.